The maximum absolute atomic E-state index is 5.95. The lowest BCUT2D eigenvalue weighted by molar-refractivity contribution is 0.697. The maximum Gasteiger partial charge on any atom is 0.149 e. The van der Waals surface area contributed by atoms with Gasteiger partial charge in [-0.05, 0) is 43.7 Å². The molecule has 18 heavy (non-hydrogen) atoms. The quantitative estimate of drug-likeness (QED) is 0.887. The number of hydrogen-bond acceptors (Lipinski definition) is 3. The molecule has 0 bridgehead atoms. The van der Waals surface area contributed by atoms with Crippen LogP contribution in [0.3, 0.4) is 0 Å². The summed E-state index contributed by atoms with van der Waals surface area (Å²) in [6, 6.07) is 2.34. The fourth-order valence-corrected chi connectivity index (χ4v) is 3.98. The Kier molecular flexibility index (Phi) is 3.12. The first-order valence-electron chi connectivity index (χ1n) is 6.74. The highest BCUT2D eigenvalue weighted by Gasteiger charge is 2.18. The molecule has 3 rings (SSSR count). The van der Waals surface area contributed by atoms with Gasteiger partial charge in [0, 0.05) is 10.4 Å². The Morgan fingerprint density at radius 1 is 1.39 bits per heavy atom. The van der Waals surface area contributed by atoms with Crippen LogP contribution in [0.5, 0.6) is 0 Å². The zero-order valence-electron chi connectivity index (χ0n) is 10.8. The van der Waals surface area contributed by atoms with E-state index in [1.54, 1.807) is 4.88 Å². The van der Waals surface area contributed by atoms with Crippen LogP contribution < -0.4 is 5.73 Å². The van der Waals surface area contributed by atoms with Gasteiger partial charge in [0.25, 0.3) is 0 Å². The summed E-state index contributed by atoms with van der Waals surface area (Å²) >= 11 is 1.91. The molecule has 3 nitrogen and oxygen atoms in total. The molecular formula is C14H19N3S. The number of thiophene rings is 1. The van der Waals surface area contributed by atoms with Gasteiger partial charge >= 0.3 is 0 Å². The molecule has 1 aliphatic carbocycles. The van der Waals surface area contributed by atoms with Crippen LogP contribution in [0.2, 0.25) is 0 Å². The molecule has 2 heterocycles. The average molecular weight is 261 g/mol. The van der Waals surface area contributed by atoms with Crippen molar-refractivity contribution in [2.75, 3.05) is 5.73 Å². The van der Waals surface area contributed by atoms with Crippen molar-refractivity contribution in [2.24, 2.45) is 0 Å². The number of nitrogens with zero attached hydrogens (tertiary/aromatic N) is 1. The molecule has 4 heteroatoms. The first kappa shape index (κ1) is 11.8. The van der Waals surface area contributed by atoms with Crippen molar-refractivity contribution in [3.8, 4) is 10.6 Å². The molecule has 96 valence electrons. The van der Waals surface area contributed by atoms with Crippen LogP contribution in [0.15, 0.2) is 6.07 Å². The molecule has 0 radical (unpaired) electrons. The van der Waals surface area contributed by atoms with Crippen LogP contribution in [0.25, 0.3) is 10.6 Å². The van der Waals surface area contributed by atoms with Crippen LogP contribution in [0.4, 0.5) is 5.82 Å². The molecule has 0 spiro atoms. The third kappa shape index (κ3) is 1.94. The van der Waals surface area contributed by atoms with Crippen LogP contribution >= 0.6 is 11.3 Å². The van der Waals surface area contributed by atoms with Gasteiger partial charge in [0.1, 0.15) is 5.82 Å². The Balaban J connectivity index is 2.01. The number of nitrogens with two attached hydrogens (primary N) is 1. The van der Waals surface area contributed by atoms with Crippen molar-refractivity contribution in [2.45, 2.75) is 45.4 Å². The molecule has 0 saturated heterocycles. The molecule has 0 atom stereocenters. The molecule has 0 saturated carbocycles. The number of anilines is 1. The van der Waals surface area contributed by atoms with Crippen molar-refractivity contribution in [1.82, 2.24) is 10.2 Å². The first-order chi connectivity index (χ1) is 8.79. The molecule has 0 fully saturated rings. The Bertz CT molecular complexity index is 530. The van der Waals surface area contributed by atoms with Crippen LogP contribution in [0.1, 0.15) is 42.2 Å². The van der Waals surface area contributed by atoms with Gasteiger partial charge in [0.2, 0.25) is 0 Å². The lowest BCUT2D eigenvalue weighted by Gasteiger charge is -2.08. The number of rotatable bonds is 3. The number of hydrogen-bond donors (Lipinski definition) is 2. The van der Waals surface area contributed by atoms with Crippen molar-refractivity contribution in [3.05, 3.63) is 22.1 Å². The first-order valence-corrected chi connectivity index (χ1v) is 7.56. The lowest BCUT2D eigenvalue weighted by Crippen LogP contribution is -1.96. The smallest absolute Gasteiger partial charge is 0.149 e. The molecular weight excluding hydrogens is 242 g/mol. The van der Waals surface area contributed by atoms with Gasteiger partial charge in [-0.3, -0.25) is 5.10 Å². The normalized spacial score (nSPS) is 14.7. The van der Waals surface area contributed by atoms with E-state index in [0.717, 1.165) is 18.5 Å². The molecule has 1 aliphatic rings. The Morgan fingerprint density at radius 3 is 3.00 bits per heavy atom. The number of aromatic amines is 1. The standard InChI is InChI=1S/C14H19N3S/c1-2-5-10-13(16-17-14(10)15)12-8-9-6-3-4-7-11(9)18-12/h8H,2-7H2,1H3,(H3,15,16,17). The molecule has 2 aromatic heterocycles. The summed E-state index contributed by atoms with van der Waals surface area (Å²) in [7, 11) is 0. The van der Waals surface area contributed by atoms with E-state index in [2.05, 4.69) is 23.2 Å². The Labute approximate surface area is 111 Å². The van der Waals surface area contributed by atoms with E-state index in [9.17, 15) is 0 Å². The van der Waals surface area contributed by atoms with Gasteiger partial charge in [-0.2, -0.15) is 5.10 Å². The van der Waals surface area contributed by atoms with E-state index < -0.39 is 0 Å². The minimum absolute atomic E-state index is 0.665. The predicted molar refractivity (Wildman–Crippen MR) is 77.0 cm³/mol. The minimum atomic E-state index is 0.665. The van der Waals surface area contributed by atoms with Gasteiger partial charge in [0.05, 0.1) is 10.6 Å². The predicted octanol–water partition coefficient (Wildman–Crippen LogP) is 3.55. The lowest BCUT2D eigenvalue weighted by atomic mass is 9.99. The van der Waals surface area contributed by atoms with Crippen molar-refractivity contribution >= 4 is 17.2 Å². The van der Waals surface area contributed by atoms with Crippen molar-refractivity contribution in [1.29, 1.82) is 0 Å². The molecule has 0 unspecified atom stereocenters. The van der Waals surface area contributed by atoms with E-state index in [0.29, 0.717) is 5.82 Å². The number of fused-ring (bicyclic) bond motifs is 1. The summed E-state index contributed by atoms with van der Waals surface area (Å²) in [6.07, 6.45) is 7.24. The topological polar surface area (TPSA) is 54.7 Å². The third-order valence-corrected chi connectivity index (χ3v) is 4.90. The monoisotopic (exact) mass is 261 g/mol. The Hall–Kier alpha value is -1.29. The van der Waals surface area contributed by atoms with Crippen molar-refractivity contribution < 1.29 is 0 Å². The molecule has 2 aromatic rings. The number of nitrogens with one attached hydrogen (secondary N) is 1. The van der Waals surface area contributed by atoms with E-state index in [4.69, 9.17) is 5.73 Å². The van der Waals surface area contributed by atoms with Crippen LogP contribution in [-0.2, 0) is 19.3 Å². The molecule has 0 aromatic carbocycles. The van der Waals surface area contributed by atoms with Crippen LogP contribution in [-0.4, -0.2) is 10.2 Å². The fraction of sp³-hybridized carbons (Fsp3) is 0.500. The summed E-state index contributed by atoms with van der Waals surface area (Å²) < 4.78 is 0. The summed E-state index contributed by atoms with van der Waals surface area (Å²) in [4.78, 5) is 2.88. The second-order valence-corrected chi connectivity index (χ2v) is 6.12. The molecule has 0 amide bonds. The largest absolute Gasteiger partial charge is 0.382 e. The van der Waals surface area contributed by atoms with Gasteiger partial charge in [-0.25, -0.2) is 0 Å². The highest BCUT2D eigenvalue weighted by molar-refractivity contribution is 7.15. The molecule has 3 N–H and O–H groups in total. The zero-order chi connectivity index (χ0) is 12.5. The SMILES string of the molecule is CCCc1c(N)n[nH]c1-c1cc2c(s1)CCCC2. The van der Waals surface area contributed by atoms with Gasteiger partial charge in [0.15, 0.2) is 0 Å². The summed E-state index contributed by atoms with van der Waals surface area (Å²) in [6.45, 7) is 2.18. The highest BCUT2D eigenvalue weighted by Crippen LogP contribution is 2.37. The zero-order valence-corrected chi connectivity index (χ0v) is 11.6. The summed E-state index contributed by atoms with van der Waals surface area (Å²) in [5.74, 6) is 0.665. The number of aromatic nitrogens is 2. The van der Waals surface area contributed by atoms with E-state index in [-0.39, 0.29) is 0 Å². The Morgan fingerprint density at radius 2 is 2.22 bits per heavy atom. The number of aryl methyl sites for hydroxylation is 2. The minimum Gasteiger partial charge on any atom is -0.382 e. The average Bonchev–Trinajstić information content (AvgIpc) is 2.94. The molecule has 0 aliphatic heterocycles. The van der Waals surface area contributed by atoms with Crippen molar-refractivity contribution in [3.63, 3.8) is 0 Å². The van der Waals surface area contributed by atoms with E-state index in [1.165, 1.54) is 41.7 Å². The van der Waals surface area contributed by atoms with Gasteiger partial charge < -0.3 is 5.73 Å². The van der Waals surface area contributed by atoms with Gasteiger partial charge in [-0.1, -0.05) is 13.3 Å². The maximum atomic E-state index is 5.95. The second kappa shape index (κ2) is 4.76. The third-order valence-electron chi connectivity index (χ3n) is 3.64. The fourth-order valence-electron chi connectivity index (χ4n) is 2.70. The highest BCUT2D eigenvalue weighted by atomic mass is 32.1. The van der Waals surface area contributed by atoms with E-state index in [1.807, 2.05) is 11.3 Å². The number of H-pyrrole nitrogens is 1. The van der Waals surface area contributed by atoms with Gasteiger partial charge in [-0.15, -0.1) is 11.3 Å². The van der Waals surface area contributed by atoms with E-state index >= 15 is 0 Å². The van der Waals surface area contributed by atoms with Crippen LogP contribution in [0, 0.1) is 0 Å². The summed E-state index contributed by atoms with van der Waals surface area (Å²) in [5.41, 5.74) is 9.83. The number of nitrogen functional groups attached to an aromatic ring is 1. The summed E-state index contributed by atoms with van der Waals surface area (Å²) in [5, 5.41) is 7.30. The second-order valence-electron chi connectivity index (χ2n) is 4.98.